The summed E-state index contributed by atoms with van der Waals surface area (Å²) in [6.07, 6.45) is 6.49. The van der Waals surface area contributed by atoms with Gasteiger partial charge in [-0.25, -0.2) is 0 Å². The summed E-state index contributed by atoms with van der Waals surface area (Å²) in [6, 6.07) is 2.09. The lowest BCUT2D eigenvalue weighted by Gasteiger charge is -2.33. The van der Waals surface area contributed by atoms with Crippen molar-refractivity contribution in [2.75, 3.05) is 0 Å². The quantitative estimate of drug-likeness (QED) is 0.687. The normalized spacial score (nSPS) is 34.8. The molecule has 0 bridgehead atoms. The summed E-state index contributed by atoms with van der Waals surface area (Å²) in [6.45, 7) is 0. The molecule has 3 heteroatoms. The average molecular weight is 181 g/mol. The Bertz CT molecular complexity index is 260. The Balaban J connectivity index is 2.13. The van der Waals surface area contributed by atoms with Crippen LogP contribution in [0.2, 0.25) is 0 Å². The lowest BCUT2D eigenvalue weighted by Crippen LogP contribution is -2.36. The number of nitrogens with two attached hydrogens (primary N) is 1. The van der Waals surface area contributed by atoms with Crippen LogP contribution in [0, 0.1) is 0 Å². The van der Waals surface area contributed by atoms with Crippen LogP contribution < -0.4 is 5.73 Å². The van der Waals surface area contributed by atoms with Gasteiger partial charge in [-0.1, -0.05) is 0 Å². The Morgan fingerprint density at radius 3 is 2.69 bits per heavy atom. The molecule has 0 unspecified atom stereocenters. The minimum Gasteiger partial charge on any atom is -0.472 e. The van der Waals surface area contributed by atoms with Crippen LogP contribution in [0.3, 0.4) is 0 Å². The van der Waals surface area contributed by atoms with E-state index < -0.39 is 5.60 Å². The highest BCUT2D eigenvalue weighted by molar-refractivity contribution is 5.17. The van der Waals surface area contributed by atoms with E-state index in [2.05, 4.69) is 0 Å². The second-order valence-corrected chi connectivity index (χ2v) is 3.88. The van der Waals surface area contributed by atoms with Gasteiger partial charge in [0.05, 0.1) is 18.1 Å². The Morgan fingerprint density at radius 1 is 1.46 bits per heavy atom. The summed E-state index contributed by atoms with van der Waals surface area (Å²) in [5.41, 5.74) is 5.97. The number of furan rings is 1. The Morgan fingerprint density at radius 2 is 2.15 bits per heavy atom. The van der Waals surface area contributed by atoms with Crippen molar-refractivity contribution in [3.8, 4) is 0 Å². The summed E-state index contributed by atoms with van der Waals surface area (Å²) < 4.78 is 4.97. The van der Waals surface area contributed by atoms with Crippen molar-refractivity contribution < 1.29 is 9.52 Å². The molecule has 0 aliphatic heterocycles. The van der Waals surface area contributed by atoms with Crippen molar-refractivity contribution >= 4 is 0 Å². The number of hydrogen-bond acceptors (Lipinski definition) is 3. The molecular formula is C10H15NO2. The van der Waals surface area contributed by atoms with Crippen molar-refractivity contribution in [2.24, 2.45) is 5.73 Å². The number of aliphatic hydroxyl groups is 1. The van der Waals surface area contributed by atoms with E-state index >= 15 is 0 Å². The van der Waals surface area contributed by atoms with Crippen LogP contribution in [0.4, 0.5) is 0 Å². The maximum atomic E-state index is 10.2. The van der Waals surface area contributed by atoms with Crippen LogP contribution in [0.1, 0.15) is 31.2 Å². The number of rotatable bonds is 1. The van der Waals surface area contributed by atoms with Gasteiger partial charge in [0, 0.05) is 11.6 Å². The summed E-state index contributed by atoms with van der Waals surface area (Å²) in [7, 11) is 0. The highest BCUT2D eigenvalue weighted by Gasteiger charge is 2.34. The zero-order chi connectivity index (χ0) is 9.31. The van der Waals surface area contributed by atoms with Crippen LogP contribution in [0.5, 0.6) is 0 Å². The first-order valence-corrected chi connectivity index (χ1v) is 4.71. The first-order chi connectivity index (χ1) is 6.21. The minimum absolute atomic E-state index is 0.257. The predicted molar refractivity (Wildman–Crippen MR) is 49.0 cm³/mol. The van der Waals surface area contributed by atoms with Gasteiger partial charge in [-0.3, -0.25) is 0 Å². The second kappa shape index (κ2) is 3.16. The molecular weight excluding hydrogens is 166 g/mol. The van der Waals surface area contributed by atoms with E-state index in [0.29, 0.717) is 0 Å². The van der Waals surface area contributed by atoms with Crippen LogP contribution in [0.15, 0.2) is 23.0 Å². The van der Waals surface area contributed by atoms with Crippen molar-refractivity contribution in [3.05, 3.63) is 24.2 Å². The van der Waals surface area contributed by atoms with Gasteiger partial charge >= 0.3 is 0 Å². The molecule has 1 heterocycles. The smallest absolute Gasteiger partial charge is 0.0963 e. The highest BCUT2D eigenvalue weighted by Crippen LogP contribution is 2.36. The molecule has 0 aromatic carbocycles. The summed E-state index contributed by atoms with van der Waals surface area (Å²) in [5.74, 6) is 0. The van der Waals surface area contributed by atoms with Gasteiger partial charge < -0.3 is 15.3 Å². The molecule has 1 aliphatic carbocycles. The van der Waals surface area contributed by atoms with E-state index in [4.69, 9.17) is 10.2 Å². The molecule has 0 saturated heterocycles. The maximum absolute atomic E-state index is 10.2. The van der Waals surface area contributed by atoms with E-state index in [0.717, 1.165) is 31.2 Å². The first kappa shape index (κ1) is 8.78. The lowest BCUT2D eigenvalue weighted by atomic mass is 9.79. The molecule has 2 rings (SSSR count). The second-order valence-electron chi connectivity index (χ2n) is 3.88. The first-order valence-electron chi connectivity index (χ1n) is 4.71. The van der Waals surface area contributed by atoms with Crippen molar-refractivity contribution in [3.63, 3.8) is 0 Å². The van der Waals surface area contributed by atoms with Gasteiger partial charge in [-0.2, -0.15) is 0 Å². The maximum Gasteiger partial charge on any atom is 0.0963 e. The molecule has 3 N–H and O–H groups in total. The monoisotopic (exact) mass is 181 g/mol. The fourth-order valence-corrected chi connectivity index (χ4v) is 1.94. The molecule has 0 radical (unpaired) electrons. The minimum atomic E-state index is -0.692. The third kappa shape index (κ3) is 1.62. The van der Waals surface area contributed by atoms with Crippen molar-refractivity contribution in [1.82, 2.24) is 0 Å². The molecule has 0 spiro atoms. The molecule has 1 saturated carbocycles. The SMILES string of the molecule is NC1CCC(O)(c2ccoc2)CC1. The molecule has 0 atom stereocenters. The van der Waals surface area contributed by atoms with E-state index in [1.165, 1.54) is 0 Å². The topological polar surface area (TPSA) is 59.4 Å². The van der Waals surface area contributed by atoms with Crippen molar-refractivity contribution in [1.29, 1.82) is 0 Å². The third-order valence-corrected chi connectivity index (χ3v) is 2.92. The zero-order valence-corrected chi connectivity index (χ0v) is 7.57. The standard InChI is InChI=1S/C10H15NO2/c11-9-1-4-10(12,5-2-9)8-3-6-13-7-8/h3,6-7,9,12H,1-2,4-5,11H2. The van der Waals surface area contributed by atoms with E-state index in [9.17, 15) is 5.11 Å². The van der Waals surface area contributed by atoms with Gasteiger partial charge in [0.15, 0.2) is 0 Å². The molecule has 1 aromatic heterocycles. The number of hydrogen-bond donors (Lipinski definition) is 2. The van der Waals surface area contributed by atoms with Gasteiger partial charge in [-0.15, -0.1) is 0 Å². The Kier molecular flexibility index (Phi) is 2.14. The van der Waals surface area contributed by atoms with Crippen molar-refractivity contribution in [2.45, 2.75) is 37.3 Å². The molecule has 1 aromatic rings. The summed E-state index contributed by atoms with van der Waals surface area (Å²) >= 11 is 0. The van der Waals surface area contributed by atoms with Crippen LogP contribution >= 0.6 is 0 Å². The average Bonchev–Trinajstić information content (AvgIpc) is 2.63. The predicted octanol–water partition coefficient (Wildman–Crippen LogP) is 1.37. The highest BCUT2D eigenvalue weighted by atomic mass is 16.3. The van der Waals surface area contributed by atoms with Crippen LogP contribution in [-0.4, -0.2) is 11.1 Å². The zero-order valence-electron chi connectivity index (χ0n) is 7.57. The van der Waals surface area contributed by atoms with Crippen LogP contribution in [0.25, 0.3) is 0 Å². The summed E-state index contributed by atoms with van der Waals surface area (Å²) in [4.78, 5) is 0. The fraction of sp³-hybridized carbons (Fsp3) is 0.600. The van der Waals surface area contributed by atoms with Gasteiger partial charge in [-0.05, 0) is 31.7 Å². The lowest BCUT2D eigenvalue weighted by molar-refractivity contribution is -0.00543. The molecule has 1 aliphatic rings. The van der Waals surface area contributed by atoms with Gasteiger partial charge in [0.1, 0.15) is 0 Å². The van der Waals surface area contributed by atoms with E-state index in [-0.39, 0.29) is 6.04 Å². The molecule has 72 valence electrons. The molecule has 1 fully saturated rings. The van der Waals surface area contributed by atoms with Gasteiger partial charge in [0.25, 0.3) is 0 Å². The Hall–Kier alpha value is -0.800. The van der Waals surface area contributed by atoms with E-state index in [1.54, 1.807) is 12.5 Å². The molecule has 3 nitrogen and oxygen atoms in total. The van der Waals surface area contributed by atoms with Crippen LogP contribution in [-0.2, 0) is 5.60 Å². The fourth-order valence-electron chi connectivity index (χ4n) is 1.94. The Labute approximate surface area is 77.5 Å². The molecule has 0 amide bonds. The van der Waals surface area contributed by atoms with Gasteiger partial charge in [0.2, 0.25) is 0 Å². The van der Waals surface area contributed by atoms with E-state index in [1.807, 2.05) is 6.07 Å². The third-order valence-electron chi connectivity index (χ3n) is 2.92. The summed E-state index contributed by atoms with van der Waals surface area (Å²) in [5, 5.41) is 10.2. The molecule has 13 heavy (non-hydrogen) atoms. The largest absolute Gasteiger partial charge is 0.472 e.